The Bertz CT molecular complexity index is 218. The van der Waals surface area contributed by atoms with E-state index >= 15 is 0 Å². The Morgan fingerprint density at radius 2 is 1.84 bits per heavy atom. The molecule has 114 valence electrons. The predicted octanol–water partition coefficient (Wildman–Crippen LogP) is 2.09. The lowest BCUT2D eigenvalue weighted by atomic mass is 9.86. The molecule has 1 fully saturated rings. The molecule has 0 radical (unpaired) electrons. The second-order valence-electron chi connectivity index (χ2n) is 6.00. The van der Waals surface area contributed by atoms with E-state index in [-0.39, 0.29) is 6.04 Å². The Morgan fingerprint density at radius 1 is 1.16 bits per heavy atom. The molecule has 1 aliphatic rings. The molecular weight excluding hydrogens is 240 g/mol. The van der Waals surface area contributed by atoms with E-state index < -0.39 is 12.5 Å². The van der Waals surface area contributed by atoms with Gasteiger partial charge in [-0.1, -0.05) is 51.9 Å². The van der Waals surface area contributed by atoms with Crippen molar-refractivity contribution in [1.82, 2.24) is 5.32 Å². The van der Waals surface area contributed by atoms with E-state index in [9.17, 15) is 10.2 Å². The van der Waals surface area contributed by atoms with Gasteiger partial charge in [0, 0.05) is 6.04 Å². The summed E-state index contributed by atoms with van der Waals surface area (Å²) in [7, 11) is 0. The summed E-state index contributed by atoms with van der Waals surface area (Å²) < 4.78 is 0. The molecule has 0 aromatic heterocycles. The molecule has 1 rings (SSSR count). The number of rotatable bonds is 9. The average molecular weight is 272 g/mol. The van der Waals surface area contributed by atoms with Gasteiger partial charge in [0.05, 0.1) is 0 Å². The van der Waals surface area contributed by atoms with E-state index in [2.05, 4.69) is 12.2 Å². The molecule has 0 aliphatic heterocycles. The first-order chi connectivity index (χ1) is 9.13. The first kappa shape index (κ1) is 16.9. The van der Waals surface area contributed by atoms with E-state index in [4.69, 9.17) is 5.73 Å². The molecule has 0 spiro atoms. The van der Waals surface area contributed by atoms with Crippen LogP contribution in [0.15, 0.2) is 0 Å². The van der Waals surface area contributed by atoms with Crippen molar-refractivity contribution in [3.8, 4) is 0 Å². The largest absolute Gasteiger partial charge is 0.379 e. The third-order valence-corrected chi connectivity index (χ3v) is 4.26. The summed E-state index contributed by atoms with van der Waals surface area (Å²) in [6.45, 7) is 2.11. The predicted molar refractivity (Wildman–Crippen MR) is 78.5 cm³/mol. The van der Waals surface area contributed by atoms with Crippen LogP contribution in [-0.4, -0.2) is 28.7 Å². The van der Waals surface area contributed by atoms with Crippen LogP contribution < -0.4 is 11.1 Å². The molecule has 0 aromatic rings. The molecule has 0 amide bonds. The molecule has 19 heavy (non-hydrogen) atoms. The molecular formula is C15H32N2O2. The van der Waals surface area contributed by atoms with Crippen molar-refractivity contribution in [2.45, 2.75) is 89.6 Å². The monoisotopic (exact) mass is 272 g/mol. The highest BCUT2D eigenvalue weighted by molar-refractivity contribution is 4.74. The molecule has 4 heteroatoms. The normalized spacial score (nSPS) is 22.1. The summed E-state index contributed by atoms with van der Waals surface area (Å²) in [6, 6.07) is -0.193. The van der Waals surface area contributed by atoms with Gasteiger partial charge in [-0.25, -0.2) is 0 Å². The fourth-order valence-electron chi connectivity index (χ4n) is 2.98. The molecule has 0 heterocycles. The quantitative estimate of drug-likeness (QED) is 0.485. The standard InChI is InChI=1S/C15H32N2O2/c1-2-3-9-13(15(16)19)17-14(18)11-10-12-7-5-4-6-8-12/h12-15,17-19H,2-11,16H2,1H3. The number of hydrogen-bond donors (Lipinski definition) is 4. The first-order valence-corrected chi connectivity index (χ1v) is 8.01. The summed E-state index contributed by atoms with van der Waals surface area (Å²) in [4.78, 5) is 0. The van der Waals surface area contributed by atoms with Crippen molar-refractivity contribution in [2.75, 3.05) is 0 Å². The Hall–Kier alpha value is -0.160. The second kappa shape index (κ2) is 9.70. The Labute approximate surface area is 117 Å². The first-order valence-electron chi connectivity index (χ1n) is 8.01. The van der Waals surface area contributed by atoms with E-state index in [1.54, 1.807) is 0 Å². The minimum Gasteiger partial charge on any atom is -0.379 e. The van der Waals surface area contributed by atoms with Gasteiger partial charge in [-0.3, -0.25) is 5.32 Å². The van der Waals surface area contributed by atoms with Crippen LogP contribution in [0.5, 0.6) is 0 Å². The molecule has 4 nitrogen and oxygen atoms in total. The molecule has 1 aliphatic carbocycles. The zero-order valence-corrected chi connectivity index (χ0v) is 12.4. The highest BCUT2D eigenvalue weighted by atomic mass is 16.3. The van der Waals surface area contributed by atoms with Gasteiger partial charge in [-0.05, 0) is 25.2 Å². The summed E-state index contributed by atoms with van der Waals surface area (Å²) in [5.74, 6) is 0.780. The smallest absolute Gasteiger partial charge is 0.117 e. The third-order valence-electron chi connectivity index (χ3n) is 4.26. The maximum absolute atomic E-state index is 10.0. The number of aliphatic hydroxyl groups is 2. The van der Waals surface area contributed by atoms with Crippen molar-refractivity contribution < 1.29 is 10.2 Å². The molecule has 0 aromatic carbocycles. The van der Waals surface area contributed by atoms with E-state index in [0.717, 1.165) is 38.0 Å². The fraction of sp³-hybridized carbons (Fsp3) is 1.00. The van der Waals surface area contributed by atoms with E-state index in [0.29, 0.717) is 0 Å². The van der Waals surface area contributed by atoms with Gasteiger partial charge < -0.3 is 15.9 Å². The third kappa shape index (κ3) is 7.25. The van der Waals surface area contributed by atoms with Crippen LogP contribution in [0.25, 0.3) is 0 Å². The van der Waals surface area contributed by atoms with Crippen LogP contribution in [0.3, 0.4) is 0 Å². The van der Waals surface area contributed by atoms with Crippen molar-refractivity contribution in [2.24, 2.45) is 11.7 Å². The number of aliphatic hydroxyl groups excluding tert-OH is 2. The molecule has 0 saturated heterocycles. The summed E-state index contributed by atoms with van der Waals surface area (Å²) in [6.07, 6.45) is 9.99. The van der Waals surface area contributed by atoms with Crippen LogP contribution >= 0.6 is 0 Å². The number of unbranched alkanes of at least 4 members (excludes halogenated alkanes) is 1. The Balaban J connectivity index is 2.20. The Kier molecular flexibility index (Phi) is 8.62. The highest BCUT2D eigenvalue weighted by Gasteiger charge is 2.20. The summed E-state index contributed by atoms with van der Waals surface area (Å²) in [5, 5.41) is 22.6. The highest BCUT2D eigenvalue weighted by Crippen LogP contribution is 2.27. The van der Waals surface area contributed by atoms with Gasteiger partial charge >= 0.3 is 0 Å². The minimum atomic E-state index is -0.893. The van der Waals surface area contributed by atoms with Crippen molar-refractivity contribution in [3.05, 3.63) is 0 Å². The zero-order chi connectivity index (χ0) is 14.1. The minimum absolute atomic E-state index is 0.193. The lowest BCUT2D eigenvalue weighted by molar-refractivity contribution is 0.0548. The van der Waals surface area contributed by atoms with E-state index in [1.165, 1.54) is 32.1 Å². The number of nitrogens with two attached hydrogens (primary N) is 1. The van der Waals surface area contributed by atoms with Gasteiger partial charge in [0.25, 0.3) is 0 Å². The molecule has 5 N–H and O–H groups in total. The van der Waals surface area contributed by atoms with Crippen LogP contribution in [0.4, 0.5) is 0 Å². The topological polar surface area (TPSA) is 78.5 Å². The SMILES string of the molecule is CCCCC(NC(O)CCC1CCCCC1)C(N)O. The van der Waals surface area contributed by atoms with Gasteiger partial charge in [0.2, 0.25) is 0 Å². The van der Waals surface area contributed by atoms with Crippen LogP contribution in [0.2, 0.25) is 0 Å². The van der Waals surface area contributed by atoms with Crippen molar-refractivity contribution in [3.63, 3.8) is 0 Å². The second-order valence-corrected chi connectivity index (χ2v) is 6.00. The van der Waals surface area contributed by atoms with Crippen LogP contribution in [-0.2, 0) is 0 Å². The maximum atomic E-state index is 10.0. The maximum Gasteiger partial charge on any atom is 0.117 e. The summed E-state index contributed by atoms with van der Waals surface area (Å²) in [5.41, 5.74) is 5.55. The Morgan fingerprint density at radius 3 is 2.42 bits per heavy atom. The summed E-state index contributed by atoms with van der Waals surface area (Å²) >= 11 is 0. The molecule has 1 saturated carbocycles. The van der Waals surface area contributed by atoms with Gasteiger partial charge in [0.1, 0.15) is 12.5 Å². The van der Waals surface area contributed by atoms with Gasteiger partial charge in [-0.2, -0.15) is 0 Å². The van der Waals surface area contributed by atoms with Crippen molar-refractivity contribution in [1.29, 1.82) is 0 Å². The van der Waals surface area contributed by atoms with Gasteiger partial charge in [0.15, 0.2) is 0 Å². The average Bonchev–Trinajstić information content (AvgIpc) is 2.42. The zero-order valence-electron chi connectivity index (χ0n) is 12.4. The molecule has 3 atom stereocenters. The number of nitrogens with one attached hydrogen (secondary N) is 1. The molecule has 0 bridgehead atoms. The van der Waals surface area contributed by atoms with Crippen LogP contribution in [0, 0.1) is 5.92 Å². The fourth-order valence-corrected chi connectivity index (χ4v) is 2.98. The van der Waals surface area contributed by atoms with E-state index in [1.807, 2.05) is 0 Å². The number of hydrogen-bond acceptors (Lipinski definition) is 4. The molecule has 3 unspecified atom stereocenters. The van der Waals surface area contributed by atoms with Crippen LogP contribution in [0.1, 0.15) is 71.1 Å². The van der Waals surface area contributed by atoms with Crippen molar-refractivity contribution >= 4 is 0 Å². The lowest BCUT2D eigenvalue weighted by Crippen LogP contribution is -2.49. The van der Waals surface area contributed by atoms with Gasteiger partial charge in [-0.15, -0.1) is 0 Å². The lowest BCUT2D eigenvalue weighted by Gasteiger charge is -2.27.